The Morgan fingerprint density at radius 1 is 1.30 bits per heavy atom. The molecule has 0 bridgehead atoms. The van der Waals surface area contributed by atoms with Crippen LogP contribution in [0.3, 0.4) is 0 Å². The van der Waals surface area contributed by atoms with Crippen LogP contribution < -0.4 is 25.4 Å². The van der Waals surface area contributed by atoms with Gasteiger partial charge in [0.15, 0.2) is 11.5 Å². The number of aromatic nitrogens is 2. The molecule has 8 nitrogen and oxygen atoms in total. The number of hydrogen-bond acceptors (Lipinski definition) is 5. The minimum Gasteiger partial charge on any atom is -0.454 e. The van der Waals surface area contributed by atoms with Gasteiger partial charge in [-0.25, -0.2) is 4.79 Å². The molecule has 2 aliphatic rings. The minimum atomic E-state index is -0.319. The molecule has 1 aromatic heterocycles. The standard InChI is InChI=1S/C15H17N5O3/c1-20-14(10-7-16-5-4-11(10)19-20)18-15(21)17-9-2-3-12-13(6-9)23-8-22-12/h2-3,6,16H,4-5,7-8H2,1H3,(H2,17,18,21). The van der Waals surface area contributed by atoms with Gasteiger partial charge in [-0.05, 0) is 12.1 Å². The Balaban J connectivity index is 1.49. The van der Waals surface area contributed by atoms with E-state index in [-0.39, 0.29) is 12.8 Å². The lowest BCUT2D eigenvalue weighted by Crippen LogP contribution is -2.25. The highest BCUT2D eigenvalue weighted by Crippen LogP contribution is 2.34. The zero-order chi connectivity index (χ0) is 15.8. The van der Waals surface area contributed by atoms with E-state index in [9.17, 15) is 4.79 Å². The molecular weight excluding hydrogens is 298 g/mol. The molecule has 2 aliphatic heterocycles. The highest BCUT2D eigenvalue weighted by molar-refractivity contribution is 6.00. The first-order valence-corrected chi connectivity index (χ1v) is 7.44. The fourth-order valence-corrected chi connectivity index (χ4v) is 2.83. The topological polar surface area (TPSA) is 89.4 Å². The number of aryl methyl sites for hydroxylation is 1. The van der Waals surface area contributed by atoms with Crippen LogP contribution in [0.25, 0.3) is 0 Å². The number of ether oxygens (including phenoxy) is 2. The van der Waals surface area contributed by atoms with Gasteiger partial charge in [0.2, 0.25) is 6.79 Å². The van der Waals surface area contributed by atoms with E-state index in [0.717, 1.165) is 24.2 Å². The fraction of sp³-hybridized carbons (Fsp3) is 0.333. The molecule has 4 rings (SSSR count). The molecule has 0 saturated heterocycles. The lowest BCUT2D eigenvalue weighted by atomic mass is 10.1. The Hall–Kier alpha value is -2.74. The maximum absolute atomic E-state index is 12.3. The zero-order valence-corrected chi connectivity index (χ0v) is 12.7. The van der Waals surface area contributed by atoms with Crippen molar-refractivity contribution in [3.63, 3.8) is 0 Å². The number of amides is 2. The van der Waals surface area contributed by atoms with Gasteiger partial charge in [-0.15, -0.1) is 0 Å². The van der Waals surface area contributed by atoms with Crippen molar-refractivity contribution in [1.29, 1.82) is 0 Å². The highest BCUT2D eigenvalue weighted by atomic mass is 16.7. The summed E-state index contributed by atoms with van der Waals surface area (Å²) in [6, 6.07) is 4.96. The van der Waals surface area contributed by atoms with E-state index in [0.29, 0.717) is 29.5 Å². The van der Waals surface area contributed by atoms with E-state index in [2.05, 4.69) is 21.0 Å². The van der Waals surface area contributed by atoms with Gasteiger partial charge >= 0.3 is 6.03 Å². The second-order valence-electron chi connectivity index (χ2n) is 5.47. The number of carbonyl (C=O) groups excluding carboxylic acids is 1. The molecule has 0 fully saturated rings. The monoisotopic (exact) mass is 315 g/mol. The van der Waals surface area contributed by atoms with Gasteiger partial charge in [-0.1, -0.05) is 0 Å². The van der Waals surface area contributed by atoms with Gasteiger partial charge in [-0.2, -0.15) is 5.10 Å². The third kappa shape index (κ3) is 2.57. The normalized spacial score (nSPS) is 15.2. The van der Waals surface area contributed by atoms with E-state index < -0.39 is 0 Å². The molecule has 0 saturated carbocycles. The summed E-state index contributed by atoms with van der Waals surface area (Å²) >= 11 is 0. The SMILES string of the molecule is Cn1nc2c(c1NC(=O)Nc1ccc3c(c1)OCO3)CNCC2. The Labute approximate surface area is 132 Å². The summed E-state index contributed by atoms with van der Waals surface area (Å²) in [5.74, 6) is 2.03. The highest BCUT2D eigenvalue weighted by Gasteiger charge is 2.21. The van der Waals surface area contributed by atoms with Crippen molar-refractivity contribution in [1.82, 2.24) is 15.1 Å². The van der Waals surface area contributed by atoms with E-state index >= 15 is 0 Å². The quantitative estimate of drug-likeness (QED) is 0.780. The lowest BCUT2D eigenvalue weighted by Gasteiger charge is -2.14. The molecule has 3 heterocycles. The summed E-state index contributed by atoms with van der Waals surface area (Å²) in [5.41, 5.74) is 2.71. The van der Waals surface area contributed by atoms with Crippen LogP contribution in [0.2, 0.25) is 0 Å². The van der Waals surface area contributed by atoms with Crippen molar-refractivity contribution >= 4 is 17.5 Å². The second kappa shape index (κ2) is 5.47. The molecule has 0 atom stereocenters. The zero-order valence-electron chi connectivity index (χ0n) is 12.7. The van der Waals surface area contributed by atoms with Crippen LogP contribution in [0.4, 0.5) is 16.3 Å². The molecule has 0 spiro atoms. The van der Waals surface area contributed by atoms with Gasteiger partial charge in [-0.3, -0.25) is 10.00 Å². The smallest absolute Gasteiger partial charge is 0.324 e. The molecule has 8 heteroatoms. The molecule has 0 unspecified atom stereocenters. The minimum absolute atomic E-state index is 0.207. The van der Waals surface area contributed by atoms with Crippen LogP contribution in [0.5, 0.6) is 11.5 Å². The fourth-order valence-electron chi connectivity index (χ4n) is 2.83. The molecule has 0 aliphatic carbocycles. The van der Waals surface area contributed by atoms with Crippen LogP contribution in [-0.4, -0.2) is 29.1 Å². The van der Waals surface area contributed by atoms with Crippen molar-refractivity contribution in [3.05, 3.63) is 29.5 Å². The molecule has 2 amide bonds. The Kier molecular flexibility index (Phi) is 3.30. The first-order valence-electron chi connectivity index (χ1n) is 7.44. The van der Waals surface area contributed by atoms with Crippen LogP contribution >= 0.6 is 0 Å². The molecule has 1 aromatic carbocycles. The molecular formula is C15H17N5O3. The Morgan fingerprint density at radius 3 is 3.09 bits per heavy atom. The van der Waals surface area contributed by atoms with Crippen molar-refractivity contribution in [3.8, 4) is 11.5 Å². The largest absolute Gasteiger partial charge is 0.454 e. The summed E-state index contributed by atoms with van der Waals surface area (Å²) < 4.78 is 12.3. The maximum atomic E-state index is 12.3. The summed E-state index contributed by atoms with van der Waals surface area (Å²) in [4.78, 5) is 12.3. The molecule has 3 N–H and O–H groups in total. The van der Waals surface area contributed by atoms with Crippen LogP contribution in [0, 0.1) is 0 Å². The van der Waals surface area contributed by atoms with E-state index in [1.54, 1.807) is 22.9 Å². The van der Waals surface area contributed by atoms with Gasteiger partial charge in [0.1, 0.15) is 5.82 Å². The number of hydrogen-bond donors (Lipinski definition) is 3. The number of urea groups is 1. The van der Waals surface area contributed by atoms with Gasteiger partial charge in [0.25, 0.3) is 0 Å². The average molecular weight is 315 g/mol. The third-order valence-corrected chi connectivity index (χ3v) is 3.93. The van der Waals surface area contributed by atoms with Crippen molar-refractivity contribution in [2.75, 3.05) is 24.0 Å². The van der Waals surface area contributed by atoms with Crippen LogP contribution in [-0.2, 0) is 20.0 Å². The predicted molar refractivity (Wildman–Crippen MR) is 83.8 cm³/mol. The average Bonchev–Trinajstić information content (AvgIpc) is 3.12. The predicted octanol–water partition coefficient (Wildman–Crippen LogP) is 1.44. The first-order chi connectivity index (χ1) is 11.2. The van der Waals surface area contributed by atoms with Crippen LogP contribution in [0.1, 0.15) is 11.3 Å². The van der Waals surface area contributed by atoms with Gasteiger partial charge in [0, 0.05) is 43.9 Å². The summed E-state index contributed by atoms with van der Waals surface area (Å²) in [6.45, 7) is 1.83. The summed E-state index contributed by atoms with van der Waals surface area (Å²) in [6.07, 6.45) is 0.870. The van der Waals surface area contributed by atoms with Crippen LogP contribution in [0.15, 0.2) is 18.2 Å². The van der Waals surface area contributed by atoms with Gasteiger partial charge < -0.3 is 20.1 Å². The van der Waals surface area contributed by atoms with E-state index in [1.807, 2.05) is 7.05 Å². The summed E-state index contributed by atoms with van der Waals surface area (Å²) in [5, 5.41) is 13.4. The number of fused-ring (bicyclic) bond motifs is 2. The molecule has 120 valence electrons. The number of nitrogens with one attached hydrogen (secondary N) is 3. The van der Waals surface area contributed by atoms with Gasteiger partial charge in [0.05, 0.1) is 5.69 Å². The van der Waals surface area contributed by atoms with Crippen molar-refractivity contribution in [2.24, 2.45) is 7.05 Å². The first kappa shape index (κ1) is 13.9. The van der Waals surface area contributed by atoms with Crippen molar-refractivity contribution < 1.29 is 14.3 Å². The van der Waals surface area contributed by atoms with E-state index in [1.165, 1.54) is 0 Å². The van der Waals surface area contributed by atoms with E-state index in [4.69, 9.17) is 9.47 Å². The molecule has 2 aromatic rings. The maximum Gasteiger partial charge on any atom is 0.324 e. The number of carbonyl (C=O) groups is 1. The number of anilines is 2. The lowest BCUT2D eigenvalue weighted by molar-refractivity contribution is 0.174. The van der Waals surface area contributed by atoms with Crippen molar-refractivity contribution in [2.45, 2.75) is 13.0 Å². The molecule has 23 heavy (non-hydrogen) atoms. The Morgan fingerprint density at radius 2 is 2.17 bits per heavy atom. The number of rotatable bonds is 2. The second-order valence-corrected chi connectivity index (χ2v) is 5.47. The Bertz CT molecular complexity index is 771. The molecule has 0 radical (unpaired) electrons. The summed E-state index contributed by atoms with van der Waals surface area (Å²) in [7, 11) is 1.83. The number of nitrogens with zero attached hydrogens (tertiary/aromatic N) is 2. The third-order valence-electron chi connectivity index (χ3n) is 3.93. The number of benzene rings is 1.